The Morgan fingerprint density at radius 2 is 1.94 bits per heavy atom. The van der Waals surface area contributed by atoms with Crippen molar-refractivity contribution in [1.29, 1.82) is 0 Å². The van der Waals surface area contributed by atoms with Crippen molar-refractivity contribution < 1.29 is 9.53 Å². The zero-order valence-electron chi connectivity index (χ0n) is 10.8. The van der Waals surface area contributed by atoms with Crippen LogP contribution in [0.3, 0.4) is 0 Å². The highest BCUT2D eigenvalue weighted by Gasteiger charge is 2.19. The summed E-state index contributed by atoms with van der Waals surface area (Å²) in [7, 11) is 5.48. The fourth-order valence-electron chi connectivity index (χ4n) is 1.78. The summed E-state index contributed by atoms with van der Waals surface area (Å²) in [6.45, 7) is 0.895. The van der Waals surface area contributed by atoms with Crippen LogP contribution in [0.2, 0.25) is 0 Å². The van der Waals surface area contributed by atoms with Gasteiger partial charge in [-0.05, 0) is 39.0 Å². The topological polar surface area (TPSA) is 29.5 Å². The lowest BCUT2D eigenvalue weighted by Gasteiger charge is -2.17. The number of rotatable bonds is 6. The van der Waals surface area contributed by atoms with E-state index in [2.05, 4.69) is 4.90 Å². The molecule has 0 spiro atoms. The highest BCUT2D eigenvalue weighted by atomic mass is 16.5. The van der Waals surface area contributed by atoms with E-state index in [9.17, 15) is 4.79 Å². The van der Waals surface area contributed by atoms with Gasteiger partial charge < -0.3 is 9.64 Å². The molecule has 0 aliphatic heterocycles. The van der Waals surface area contributed by atoms with E-state index in [1.165, 1.54) is 12.7 Å². The lowest BCUT2D eigenvalue weighted by atomic mass is 9.96. The van der Waals surface area contributed by atoms with Crippen molar-refractivity contribution in [3.8, 4) is 0 Å². The molecule has 1 unspecified atom stereocenters. The first-order valence-corrected chi connectivity index (χ1v) is 5.90. The van der Waals surface area contributed by atoms with Crippen LogP contribution in [-0.4, -0.2) is 38.6 Å². The minimum atomic E-state index is -0.115. The van der Waals surface area contributed by atoms with Crippen molar-refractivity contribution in [3.63, 3.8) is 0 Å². The van der Waals surface area contributed by atoms with Crippen LogP contribution in [0.1, 0.15) is 12.0 Å². The zero-order valence-corrected chi connectivity index (χ0v) is 10.8. The number of hydrogen-bond acceptors (Lipinski definition) is 3. The van der Waals surface area contributed by atoms with Gasteiger partial charge in [0.15, 0.2) is 0 Å². The first kappa shape index (κ1) is 13.7. The predicted octanol–water partition coefficient (Wildman–Crippen LogP) is 1.97. The van der Waals surface area contributed by atoms with Crippen LogP contribution >= 0.6 is 0 Å². The van der Waals surface area contributed by atoms with E-state index < -0.39 is 0 Å². The Labute approximate surface area is 103 Å². The summed E-state index contributed by atoms with van der Waals surface area (Å²) in [6.07, 6.45) is 1.58. The number of nitrogens with zero attached hydrogens (tertiary/aromatic N) is 1. The lowest BCUT2D eigenvalue weighted by molar-refractivity contribution is -0.145. The second-order valence-electron chi connectivity index (χ2n) is 4.50. The van der Waals surface area contributed by atoms with Crippen LogP contribution in [0.4, 0.5) is 0 Å². The van der Waals surface area contributed by atoms with Crippen LogP contribution in [0.15, 0.2) is 30.3 Å². The third kappa shape index (κ3) is 5.00. The molecule has 17 heavy (non-hydrogen) atoms. The molecule has 1 atom stereocenters. The maximum atomic E-state index is 11.7. The van der Waals surface area contributed by atoms with Crippen molar-refractivity contribution in [2.75, 3.05) is 27.7 Å². The van der Waals surface area contributed by atoms with E-state index in [4.69, 9.17) is 4.74 Å². The molecule has 0 bridgehead atoms. The molecule has 1 rings (SSSR count). The predicted molar refractivity (Wildman–Crippen MR) is 68.8 cm³/mol. The van der Waals surface area contributed by atoms with E-state index in [0.29, 0.717) is 0 Å². The molecule has 0 aliphatic carbocycles. The Morgan fingerprint density at radius 3 is 2.47 bits per heavy atom. The van der Waals surface area contributed by atoms with Gasteiger partial charge >= 0.3 is 5.97 Å². The van der Waals surface area contributed by atoms with Crippen LogP contribution in [0.25, 0.3) is 0 Å². The van der Waals surface area contributed by atoms with Gasteiger partial charge in [0.2, 0.25) is 0 Å². The lowest BCUT2D eigenvalue weighted by Crippen LogP contribution is -2.24. The average molecular weight is 235 g/mol. The molecule has 0 aliphatic rings. The molecule has 0 saturated carbocycles. The Balaban J connectivity index is 2.60. The molecule has 94 valence electrons. The summed E-state index contributed by atoms with van der Waals surface area (Å²) >= 11 is 0. The molecule has 0 saturated heterocycles. The molecule has 0 fully saturated rings. The minimum absolute atomic E-state index is 0.0511. The van der Waals surface area contributed by atoms with Crippen molar-refractivity contribution >= 4 is 5.97 Å². The molecule has 0 amide bonds. The van der Waals surface area contributed by atoms with Gasteiger partial charge in [0.1, 0.15) is 0 Å². The van der Waals surface area contributed by atoms with Crippen LogP contribution in [-0.2, 0) is 16.0 Å². The standard InChI is InChI=1S/C14H21NO2/c1-15(2)10-9-13(14(16)17-3)11-12-7-5-4-6-8-12/h4-8,13H,9-11H2,1-3H3. The third-order valence-corrected chi connectivity index (χ3v) is 2.78. The molecule has 1 aromatic rings. The highest BCUT2D eigenvalue weighted by molar-refractivity contribution is 5.72. The number of methoxy groups -OCH3 is 1. The molecule has 0 radical (unpaired) electrons. The summed E-state index contributed by atoms with van der Waals surface area (Å²) in [5, 5.41) is 0. The van der Waals surface area contributed by atoms with E-state index in [-0.39, 0.29) is 11.9 Å². The van der Waals surface area contributed by atoms with Crippen LogP contribution in [0, 0.1) is 5.92 Å². The molecule has 0 aromatic heterocycles. The van der Waals surface area contributed by atoms with Gasteiger partial charge in [0.05, 0.1) is 13.0 Å². The van der Waals surface area contributed by atoms with Gasteiger partial charge in [-0.25, -0.2) is 0 Å². The van der Waals surface area contributed by atoms with Crippen molar-refractivity contribution in [1.82, 2.24) is 4.90 Å². The summed E-state index contributed by atoms with van der Waals surface area (Å²) in [5.41, 5.74) is 1.18. The third-order valence-electron chi connectivity index (χ3n) is 2.78. The molecule has 0 heterocycles. The van der Waals surface area contributed by atoms with E-state index in [1.54, 1.807) is 0 Å². The summed E-state index contributed by atoms with van der Waals surface area (Å²) in [6, 6.07) is 10.1. The molecule has 3 heteroatoms. The first-order valence-electron chi connectivity index (χ1n) is 5.90. The monoisotopic (exact) mass is 235 g/mol. The first-order chi connectivity index (χ1) is 8.13. The highest BCUT2D eigenvalue weighted by Crippen LogP contribution is 2.14. The number of benzene rings is 1. The van der Waals surface area contributed by atoms with E-state index in [1.807, 2.05) is 44.4 Å². The number of hydrogen-bond donors (Lipinski definition) is 0. The number of carbonyl (C=O) groups excluding carboxylic acids is 1. The van der Waals surface area contributed by atoms with Gasteiger partial charge in [0.25, 0.3) is 0 Å². The Hall–Kier alpha value is -1.35. The average Bonchev–Trinajstić information content (AvgIpc) is 2.34. The summed E-state index contributed by atoms with van der Waals surface area (Å²) < 4.78 is 4.86. The Morgan fingerprint density at radius 1 is 1.29 bits per heavy atom. The molecule has 1 aromatic carbocycles. The molecular formula is C14H21NO2. The zero-order chi connectivity index (χ0) is 12.7. The van der Waals surface area contributed by atoms with Crippen LogP contribution in [0.5, 0.6) is 0 Å². The smallest absolute Gasteiger partial charge is 0.309 e. The van der Waals surface area contributed by atoms with Gasteiger partial charge in [-0.2, -0.15) is 0 Å². The second kappa shape index (κ2) is 7.07. The van der Waals surface area contributed by atoms with Crippen molar-refractivity contribution in [3.05, 3.63) is 35.9 Å². The van der Waals surface area contributed by atoms with Gasteiger partial charge in [-0.3, -0.25) is 4.79 Å². The van der Waals surface area contributed by atoms with Gasteiger partial charge in [-0.1, -0.05) is 30.3 Å². The van der Waals surface area contributed by atoms with Gasteiger partial charge in [-0.15, -0.1) is 0 Å². The largest absolute Gasteiger partial charge is 0.469 e. The fraction of sp³-hybridized carbons (Fsp3) is 0.500. The molecule has 3 nitrogen and oxygen atoms in total. The Bertz CT molecular complexity index is 335. The van der Waals surface area contributed by atoms with Crippen molar-refractivity contribution in [2.45, 2.75) is 12.8 Å². The summed E-state index contributed by atoms with van der Waals surface area (Å²) in [4.78, 5) is 13.8. The summed E-state index contributed by atoms with van der Waals surface area (Å²) in [5.74, 6) is -0.166. The minimum Gasteiger partial charge on any atom is -0.469 e. The van der Waals surface area contributed by atoms with E-state index in [0.717, 1.165) is 19.4 Å². The normalized spacial score (nSPS) is 12.5. The maximum absolute atomic E-state index is 11.7. The number of esters is 1. The fourth-order valence-corrected chi connectivity index (χ4v) is 1.78. The quantitative estimate of drug-likeness (QED) is 0.706. The van der Waals surface area contributed by atoms with Gasteiger partial charge in [0, 0.05) is 0 Å². The second-order valence-corrected chi connectivity index (χ2v) is 4.50. The Kier molecular flexibility index (Phi) is 5.70. The molecule has 0 N–H and O–H groups in total. The molecular weight excluding hydrogens is 214 g/mol. The van der Waals surface area contributed by atoms with E-state index >= 15 is 0 Å². The maximum Gasteiger partial charge on any atom is 0.309 e. The number of carbonyl (C=O) groups is 1. The van der Waals surface area contributed by atoms with Crippen LogP contribution < -0.4 is 0 Å². The van der Waals surface area contributed by atoms with Crippen molar-refractivity contribution in [2.24, 2.45) is 5.92 Å². The number of ether oxygens (including phenoxy) is 1. The SMILES string of the molecule is COC(=O)C(CCN(C)C)Cc1ccccc1.